The number of esters is 1. The molecule has 0 radical (unpaired) electrons. The highest BCUT2D eigenvalue weighted by Gasteiger charge is 2.19. The summed E-state index contributed by atoms with van der Waals surface area (Å²) < 4.78 is 35.7. The van der Waals surface area contributed by atoms with Gasteiger partial charge in [0.15, 0.2) is 11.6 Å². The quantitative estimate of drug-likeness (QED) is 0.638. The third kappa shape index (κ3) is 2.78. The molecule has 0 bridgehead atoms. The SMILES string of the molecule is CCOC(=O)c1nc(-c2cc(F)c(F)cc2Br)no1. The van der Waals surface area contributed by atoms with Crippen molar-refractivity contribution >= 4 is 21.9 Å². The average Bonchev–Trinajstić information content (AvgIpc) is 2.83. The Labute approximate surface area is 114 Å². The van der Waals surface area contributed by atoms with Crippen LogP contribution in [0.15, 0.2) is 21.1 Å². The Morgan fingerprint density at radius 1 is 1.42 bits per heavy atom. The predicted molar refractivity (Wildman–Crippen MR) is 63.3 cm³/mol. The first-order chi connectivity index (χ1) is 9.02. The first kappa shape index (κ1) is 13.6. The van der Waals surface area contributed by atoms with E-state index < -0.39 is 17.6 Å². The number of benzene rings is 1. The summed E-state index contributed by atoms with van der Waals surface area (Å²) in [6.45, 7) is 1.78. The van der Waals surface area contributed by atoms with Crippen molar-refractivity contribution in [3.8, 4) is 11.4 Å². The Balaban J connectivity index is 2.38. The van der Waals surface area contributed by atoms with Crippen LogP contribution in [0.25, 0.3) is 11.4 Å². The molecule has 0 fully saturated rings. The topological polar surface area (TPSA) is 65.2 Å². The van der Waals surface area contributed by atoms with Crippen LogP contribution < -0.4 is 0 Å². The van der Waals surface area contributed by atoms with Gasteiger partial charge in [0.1, 0.15) is 0 Å². The van der Waals surface area contributed by atoms with E-state index in [9.17, 15) is 13.6 Å². The van der Waals surface area contributed by atoms with E-state index >= 15 is 0 Å². The lowest BCUT2D eigenvalue weighted by Gasteiger charge is -2.00. The van der Waals surface area contributed by atoms with Gasteiger partial charge in [0.2, 0.25) is 5.82 Å². The lowest BCUT2D eigenvalue weighted by atomic mass is 10.2. The van der Waals surface area contributed by atoms with Crippen LogP contribution in [0, 0.1) is 11.6 Å². The fraction of sp³-hybridized carbons (Fsp3) is 0.182. The van der Waals surface area contributed by atoms with Crippen LogP contribution >= 0.6 is 15.9 Å². The zero-order valence-electron chi connectivity index (χ0n) is 9.61. The van der Waals surface area contributed by atoms with E-state index in [1.54, 1.807) is 6.92 Å². The van der Waals surface area contributed by atoms with Crippen molar-refractivity contribution < 1.29 is 22.8 Å². The molecule has 0 atom stereocenters. The Hall–Kier alpha value is -1.83. The van der Waals surface area contributed by atoms with Gasteiger partial charge in [0.05, 0.1) is 6.61 Å². The first-order valence-corrected chi connectivity index (χ1v) is 5.98. The normalized spacial score (nSPS) is 10.5. The van der Waals surface area contributed by atoms with Crippen LogP contribution in [0.5, 0.6) is 0 Å². The maximum Gasteiger partial charge on any atom is 0.397 e. The second kappa shape index (κ2) is 5.43. The van der Waals surface area contributed by atoms with Crippen molar-refractivity contribution in [1.82, 2.24) is 10.1 Å². The number of nitrogens with zero attached hydrogens (tertiary/aromatic N) is 2. The molecule has 0 saturated carbocycles. The van der Waals surface area contributed by atoms with E-state index in [1.807, 2.05) is 0 Å². The average molecular weight is 333 g/mol. The smallest absolute Gasteiger partial charge is 0.397 e. The van der Waals surface area contributed by atoms with E-state index in [0.717, 1.165) is 12.1 Å². The number of ether oxygens (including phenoxy) is 1. The molecule has 0 N–H and O–H groups in total. The molecule has 19 heavy (non-hydrogen) atoms. The van der Waals surface area contributed by atoms with E-state index in [1.165, 1.54) is 0 Å². The number of hydrogen-bond acceptors (Lipinski definition) is 5. The van der Waals surface area contributed by atoms with Crippen LogP contribution in [0.1, 0.15) is 17.6 Å². The fourth-order valence-electron chi connectivity index (χ4n) is 1.30. The van der Waals surface area contributed by atoms with E-state index in [0.29, 0.717) is 0 Å². The molecular formula is C11H7BrF2N2O3. The molecule has 5 nitrogen and oxygen atoms in total. The summed E-state index contributed by atoms with van der Waals surface area (Å²) in [4.78, 5) is 15.1. The van der Waals surface area contributed by atoms with Crippen LogP contribution in [0.2, 0.25) is 0 Å². The highest BCUT2D eigenvalue weighted by molar-refractivity contribution is 9.10. The van der Waals surface area contributed by atoms with E-state index in [-0.39, 0.29) is 28.4 Å². The molecule has 2 aromatic rings. The molecule has 0 aliphatic rings. The lowest BCUT2D eigenvalue weighted by Crippen LogP contribution is -2.04. The Morgan fingerprint density at radius 3 is 2.79 bits per heavy atom. The number of carbonyl (C=O) groups excluding carboxylic acids is 1. The summed E-state index contributed by atoms with van der Waals surface area (Å²) >= 11 is 3.05. The van der Waals surface area contributed by atoms with Gasteiger partial charge in [-0.15, -0.1) is 0 Å². The van der Waals surface area contributed by atoms with Crippen molar-refractivity contribution in [2.24, 2.45) is 0 Å². The van der Waals surface area contributed by atoms with Gasteiger partial charge >= 0.3 is 11.9 Å². The maximum absolute atomic E-state index is 13.2. The molecule has 0 aliphatic heterocycles. The molecule has 2 rings (SSSR count). The highest BCUT2D eigenvalue weighted by Crippen LogP contribution is 2.28. The summed E-state index contributed by atoms with van der Waals surface area (Å²) in [5.74, 6) is -3.24. The van der Waals surface area contributed by atoms with Crippen molar-refractivity contribution in [3.63, 3.8) is 0 Å². The summed E-state index contributed by atoms with van der Waals surface area (Å²) in [5.41, 5.74) is 0.165. The molecule has 100 valence electrons. The second-order valence-corrected chi connectivity index (χ2v) is 4.24. The summed E-state index contributed by atoms with van der Waals surface area (Å²) in [6, 6.07) is 1.84. The first-order valence-electron chi connectivity index (χ1n) is 5.18. The summed E-state index contributed by atoms with van der Waals surface area (Å²) in [5, 5.41) is 3.52. The van der Waals surface area contributed by atoms with Crippen molar-refractivity contribution in [1.29, 1.82) is 0 Å². The van der Waals surface area contributed by atoms with Gasteiger partial charge in [0, 0.05) is 10.0 Å². The molecule has 0 spiro atoms. The zero-order valence-corrected chi connectivity index (χ0v) is 11.2. The standard InChI is InChI=1S/C11H7BrF2N2O3/c1-2-18-11(17)10-15-9(16-19-10)5-3-7(13)8(14)4-6(5)12/h3-4H,2H2,1H3. The second-order valence-electron chi connectivity index (χ2n) is 3.39. The van der Waals surface area contributed by atoms with Gasteiger partial charge < -0.3 is 9.26 Å². The van der Waals surface area contributed by atoms with Crippen LogP contribution in [-0.2, 0) is 4.74 Å². The monoisotopic (exact) mass is 332 g/mol. The molecule has 1 aromatic heterocycles. The molecule has 1 aromatic carbocycles. The van der Waals surface area contributed by atoms with E-state index in [4.69, 9.17) is 0 Å². The predicted octanol–water partition coefficient (Wildman–Crippen LogP) is 2.95. The van der Waals surface area contributed by atoms with Crippen LogP contribution in [-0.4, -0.2) is 22.7 Å². The maximum atomic E-state index is 13.2. The summed E-state index contributed by atoms with van der Waals surface area (Å²) in [6.07, 6.45) is 0. The molecule has 0 aliphatic carbocycles. The molecule has 0 amide bonds. The molecule has 1 heterocycles. The van der Waals surface area contributed by atoms with Gasteiger partial charge in [-0.25, -0.2) is 13.6 Å². The van der Waals surface area contributed by atoms with Crippen molar-refractivity contribution in [2.45, 2.75) is 6.92 Å². The summed E-state index contributed by atoms with van der Waals surface area (Å²) in [7, 11) is 0. The van der Waals surface area contributed by atoms with Crippen molar-refractivity contribution in [3.05, 3.63) is 34.1 Å². The molecular weight excluding hydrogens is 326 g/mol. The molecule has 0 unspecified atom stereocenters. The van der Waals surface area contributed by atoms with Gasteiger partial charge in [-0.3, -0.25) is 0 Å². The van der Waals surface area contributed by atoms with Gasteiger partial charge in [-0.1, -0.05) is 5.16 Å². The minimum Gasteiger partial charge on any atom is -0.459 e. The fourth-order valence-corrected chi connectivity index (χ4v) is 1.80. The molecule has 8 heteroatoms. The third-order valence-electron chi connectivity index (χ3n) is 2.13. The van der Waals surface area contributed by atoms with E-state index in [2.05, 4.69) is 35.3 Å². The largest absolute Gasteiger partial charge is 0.459 e. The number of rotatable bonds is 3. The Morgan fingerprint density at radius 2 is 2.11 bits per heavy atom. The number of hydrogen-bond donors (Lipinski definition) is 0. The van der Waals surface area contributed by atoms with Gasteiger partial charge in [0.25, 0.3) is 0 Å². The van der Waals surface area contributed by atoms with Crippen LogP contribution in [0.4, 0.5) is 8.78 Å². The third-order valence-corrected chi connectivity index (χ3v) is 2.78. The minimum atomic E-state index is -1.05. The minimum absolute atomic E-state index is 0.0474. The number of halogens is 3. The van der Waals surface area contributed by atoms with Crippen LogP contribution in [0.3, 0.4) is 0 Å². The molecule has 0 saturated heterocycles. The van der Waals surface area contributed by atoms with Crippen molar-refractivity contribution in [2.75, 3.05) is 6.61 Å². The number of aromatic nitrogens is 2. The zero-order chi connectivity index (χ0) is 14.0. The Kier molecular flexibility index (Phi) is 3.89. The van der Waals surface area contributed by atoms with Gasteiger partial charge in [-0.2, -0.15) is 4.98 Å². The lowest BCUT2D eigenvalue weighted by molar-refractivity contribution is 0.0470. The highest BCUT2D eigenvalue weighted by atomic mass is 79.9. The number of carbonyl (C=O) groups is 1. The van der Waals surface area contributed by atoms with Gasteiger partial charge in [-0.05, 0) is 35.0 Å². The Bertz CT molecular complexity index is 630.